The summed E-state index contributed by atoms with van der Waals surface area (Å²) in [6.07, 6.45) is -1.02. The van der Waals surface area contributed by atoms with Crippen LogP contribution in [-0.2, 0) is 20.8 Å². The summed E-state index contributed by atoms with van der Waals surface area (Å²) in [5.74, 6) is -1.90. The number of amides is 2. The fourth-order valence-electron chi connectivity index (χ4n) is 2.52. The van der Waals surface area contributed by atoms with E-state index in [2.05, 4.69) is 0 Å². The summed E-state index contributed by atoms with van der Waals surface area (Å²) in [7, 11) is 1.21. The maximum absolute atomic E-state index is 12.4. The Kier molecular flexibility index (Phi) is 4.83. The van der Waals surface area contributed by atoms with Crippen LogP contribution in [0.25, 0.3) is 0 Å². The van der Waals surface area contributed by atoms with E-state index in [4.69, 9.17) is 21.2 Å². The van der Waals surface area contributed by atoms with Gasteiger partial charge in [0, 0.05) is 11.4 Å². The number of carbonyl (C=O) groups excluding carboxylic acids is 3. The minimum atomic E-state index is -1.15. The molecule has 1 atom stereocenters. The number of hydrogen-bond acceptors (Lipinski definition) is 5. The SMILES string of the molecule is COC(=O)C(Cc1ccc(Cl)cc1)ON1C(=O)c2ccccc2C1=O. The Morgan fingerprint density at radius 2 is 1.60 bits per heavy atom. The number of imide groups is 1. The molecule has 6 nitrogen and oxygen atoms in total. The van der Waals surface area contributed by atoms with Crippen molar-refractivity contribution in [1.29, 1.82) is 0 Å². The van der Waals surface area contributed by atoms with Gasteiger partial charge in [0.05, 0.1) is 18.2 Å². The molecule has 2 amide bonds. The Hall–Kier alpha value is -2.70. The highest BCUT2D eigenvalue weighted by Gasteiger charge is 2.39. The first kappa shape index (κ1) is 17.1. The molecule has 0 spiro atoms. The van der Waals surface area contributed by atoms with E-state index < -0.39 is 23.9 Å². The first-order chi connectivity index (χ1) is 12.0. The summed E-state index contributed by atoms with van der Waals surface area (Å²) in [6, 6.07) is 13.2. The summed E-state index contributed by atoms with van der Waals surface area (Å²) in [5.41, 5.74) is 1.22. The molecular formula is C18H14ClNO5. The number of hydroxylamine groups is 2. The molecule has 25 heavy (non-hydrogen) atoms. The van der Waals surface area contributed by atoms with Crippen LogP contribution in [-0.4, -0.2) is 36.1 Å². The summed E-state index contributed by atoms with van der Waals surface area (Å²) >= 11 is 5.84. The molecule has 0 aromatic heterocycles. The average Bonchev–Trinajstić information content (AvgIpc) is 2.87. The third-order valence-electron chi connectivity index (χ3n) is 3.79. The largest absolute Gasteiger partial charge is 0.467 e. The second-order valence-corrected chi connectivity index (χ2v) is 5.83. The van der Waals surface area contributed by atoms with Crippen LogP contribution in [0.5, 0.6) is 0 Å². The normalized spacial score (nSPS) is 14.4. The van der Waals surface area contributed by atoms with Crippen molar-refractivity contribution in [3.8, 4) is 0 Å². The Morgan fingerprint density at radius 3 is 2.12 bits per heavy atom. The zero-order chi connectivity index (χ0) is 18.0. The van der Waals surface area contributed by atoms with Gasteiger partial charge in [-0.2, -0.15) is 0 Å². The number of carbonyl (C=O) groups is 3. The van der Waals surface area contributed by atoms with Crippen LogP contribution in [0, 0.1) is 0 Å². The van der Waals surface area contributed by atoms with Gasteiger partial charge in [-0.1, -0.05) is 35.9 Å². The number of fused-ring (bicyclic) bond motifs is 1. The number of rotatable bonds is 5. The summed E-state index contributed by atoms with van der Waals surface area (Å²) in [6.45, 7) is 0. The molecule has 1 aliphatic heterocycles. The Labute approximate surface area is 148 Å². The summed E-state index contributed by atoms with van der Waals surface area (Å²) < 4.78 is 4.73. The molecule has 0 fully saturated rings. The molecule has 2 aromatic carbocycles. The molecule has 2 aromatic rings. The van der Waals surface area contributed by atoms with E-state index in [1.165, 1.54) is 19.2 Å². The van der Waals surface area contributed by atoms with Crippen LogP contribution in [0.2, 0.25) is 5.02 Å². The van der Waals surface area contributed by atoms with Gasteiger partial charge in [-0.25, -0.2) is 9.63 Å². The predicted molar refractivity (Wildman–Crippen MR) is 89.0 cm³/mol. The zero-order valence-electron chi connectivity index (χ0n) is 13.3. The van der Waals surface area contributed by atoms with E-state index in [0.717, 1.165) is 5.56 Å². The lowest BCUT2D eigenvalue weighted by atomic mass is 10.1. The standard InChI is InChI=1S/C18H14ClNO5/c1-24-18(23)15(10-11-6-8-12(19)9-7-11)25-20-16(21)13-4-2-3-5-14(13)17(20)22/h2-9,15H,10H2,1H3. The molecule has 1 aliphatic rings. The molecule has 0 radical (unpaired) electrons. The average molecular weight is 360 g/mol. The van der Waals surface area contributed by atoms with Gasteiger partial charge in [0.25, 0.3) is 11.8 Å². The quantitative estimate of drug-likeness (QED) is 0.606. The Balaban J connectivity index is 1.82. The lowest BCUT2D eigenvalue weighted by Crippen LogP contribution is -2.39. The van der Waals surface area contributed by atoms with Crippen molar-refractivity contribution in [2.75, 3.05) is 7.11 Å². The third kappa shape index (κ3) is 3.40. The molecule has 3 rings (SSSR count). The maximum atomic E-state index is 12.4. The van der Waals surface area contributed by atoms with Crippen molar-refractivity contribution < 1.29 is 24.0 Å². The van der Waals surface area contributed by atoms with Gasteiger partial charge < -0.3 is 4.74 Å². The van der Waals surface area contributed by atoms with Crippen LogP contribution < -0.4 is 0 Å². The molecule has 1 heterocycles. The smallest absolute Gasteiger partial charge is 0.338 e. The van der Waals surface area contributed by atoms with Gasteiger partial charge in [-0.05, 0) is 29.8 Å². The molecule has 0 saturated heterocycles. The number of benzene rings is 2. The van der Waals surface area contributed by atoms with E-state index in [0.29, 0.717) is 10.1 Å². The second-order valence-electron chi connectivity index (χ2n) is 5.40. The molecule has 128 valence electrons. The maximum Gasteiger partial charge on any atom is 0.338 e. The van der Waals surface area contributed by atoms with Crippen molar-refractivity contribution in [3.05, 3.63) is 70.2 Å². The van der Waals surface area contributed by atoms with Crippen molar-refractivity contribution in [2.24, 2.45) is 0 Å². The van der Waals surface area contributed by atoms with Crippen molar-refractivity contribution in [2.45, 2.75) is 12.5 Å². The van der Waals surface area contributed by atoms with E-state index in [1.54, 1.807) is 36.4 Å². The minimum absolute atomic E-state index is 0.122. The molecule has 0 bridgehead atoms. The predicted octanol–water partition coefficient (Wildman–Crippen LogP) is 2.65. The summed E-state index contributed by atoms with van der Waals surface area (Å²) in [5, 5.41) is 1.17. The number of methoxy groups -OCH3 is 1. The lowest BCUT2D eigenvalue weighted by Gasteiger charge is -2.20. The van der Waals surface area contributed by atoms with E-state index in [9.17, 15) is 14.4 Å². The molecule has 0 N–H and O–H groups in total. The van der Waals surface area contributed by atoms with Gasteiger partial charge in [0.15, 0.2) is 6.10 Å². The van der Waals surface area contributed by atoms with E-state index in [-0.39, 0.29) is 17.5 Å². The van der Waals surface area contributed by atoms with Crippen molar-refractivity contribution in [3.63, 3.8) is 0 Å². The molecule has 1 unspecified atom stereocenters. The fourth-order valence-corrected chi connectivity index (χ4v) is 2.65. The van der Waals surface area contributed by atoms with Crippen LogP contribution in [0.15, 0.2) is 48.5 Å². The Bertz CT molecular complexity index is 799. The minimum Gasteiger partial charge on any atom is -0.467 e. The third-order valence-corrected chi connectivity index (χ3v) is 4.04. The number of nitrogens with zero attached hydrogens (tertiary/aromatic N) is 1. The number of esters is 1. The molecular weight excluding hydrogens is 346 g/mol. The first-order valence-corrected chi connectivity index (χ1v) is 7.86. The zero-order valence-corrected chi connectivity index (χ0v) is 14.0. The number of ether oxygens (including phenoxy) is 1. The van der Waals surface area contributed by atoms with Gasteiger partial charge in [0.1, 0.15) is 0 Å². The van der Waals surface area contributed by atoms with Gasteiger partial charge in [0.2, 0.25) is 0 Å². The van der Waals surface area contributed by atoms with Gasteiger partial charge in [-0.3, -0.25) is 9.59 Å². The van der Waals surface area contributed by atoms with Crippen molar-refractivity contribution >= 4 is 29.4 Å². The number of halogens is 1. The van der Waals surface area contributed by atoms with Crippen LogP contribution >= 0.6 is 11.6 Å². The molecule has 7 heteroatoms. The lowest BCUT2D eigenvalue weighted by molar-refractivity contribution is -0.177. The van der Waals surface area contributed by atoms with Crippen molar-refractivity contribution in [1.82, 2.24) is 5.06 Å². The number of hydrogen-bond donors (Lipinski definition) is 0. The van der Waals surface area contributed by atoms with Crippen LogP contribution in [0.1, 0.15) is 26.3 Å². The highest BCUT2D eigenvalue weighted by molar-refractivity contribution is 6.30. The van der Waals surface area contributed by atoms with Gasteiger partial charge >= 0.3 is 5.97 Å². The summed E-state index contributed by atoms with van der Waals surface area (Å²) in [4.78, 5) is 42.2. The topological polar surface area (TPSA) is 72.9 Å². The highest BCUT2D eigenvalue weighted by atomic mass is 35.5. The highest BCUT2D eigenvalue weighted by Crippen LogP contribution is 2.24. The first-order valence-electron chi connectivity index (χ1n) is 7.48. The van der Waals surface area contributed by atoms with E-state index >= 15 is 0 Å². The fraction of sp³-hybridized carbons (Fsp3) is 0.167. The van der Waals surface area contributed by atoms with Crippen LogP contribution in [0.4, 0.5) is 0 Å². The molecule has 0 saturated carbocycles. The second kappa shape index (κ2) is 7.04. The Morgan fingerprint density at radius 1 is 1.04 bits per heavy atom. The molecule has 0 aliphatic carbocycles. The van der Waals surface area contributed by atoms with Gasteiger partial charge in [-0.15, -0.1) is 5.06 Å². The van der Waals surface area contributed by atoms with E-state index in [1.807, 2.05) is 0 Å². The monoisotopic (exact) mass is 359 g/mol. The van der Waals surface area contributed by atoms with Crippen LogP contribution in [0.3, 0.4) is 0 Å².